The van der Waals surface area contributed by atoms with Crippen LogP contribution in [0.5, 0.6) is 5.75 Å². The van der Waals surface area contributed by atoms with Crippen LogP contribution in [0.3, 0.4) is 0 Å². The summed E-state index contributed by atoms with van der Waals surface area (Å²) in [5.74, 6) is -1.73. The number of Topliss-reactive ketones (excluding diaryl/α,β-unsaturated/α-hetero) is 1. The highest BCUT2D eigenvalue weighted by Gasteiger charge is 2.55. The zero-order valence-electron chi connectivity index (χ0n) is 16.5. The first-order chi connectivity index (χ1) is 12.9. The number of esters is 1. The Morgan fingerprint density at radius 1 is 1.29 bits per heavy atom. The molecule has 0 aromatic heterocycles. The van der Waals surface area contributed by atoms with Gasteiger partial charge < -0.3 is 14.8 Å². The number of rotatable bonds is 3. The number of piperidine rings is 1. The lowest BCUT2D eigenvalue weighted by Gasteiger charge is -2.45. The van der Waals surface area contributed by atoms with Crippen LogP contribution >= 0.6 is 0 Å². The third-order valence-electron chi connectivity index (χ3n) is 4.74. The monoisotopic (exact) mass is 410 g/mol. The smallest absolute Gasteiger partial charge is 0.321 e. The highest BCUT2D eigenvalue weighted by atomic mass is 32.2. The molecule has 1 aromatic carbocycles. The Bertz CT molecular complexity index is 897. The molecule has 8 nitrogen and oxygen atoms in total. The van der Waals surface area contributed by atoms with Gasteiger partial charge in [0.25, 0.3) is 0 Å². The lowest BCUT2D eigenvalue weighted by atomic mass is 9.73. The van der Waals surface area contributed by atoms with Crippen molar-refractivity contribution >= 4 is 27.5 Å². The number of nitrogens with one attached hydrogen (secondary N) is 2. The third kappa shape index (κ3) is 4.30. The van der Waals surface area contributed by atoms with Crippen molar-refractivity contribution in [2.45, 2.75) is 44.8 Å². The summed E-state index contributed by atoms with van der Waals surface area (Å²) in [5.41, 5.74) is -1.19. The number of hydrogen-bond donors (Lipinski definition) is 2. The van der Waals surface area contributed by atoms with Crippen molar-refractivity contribution in [2.24, 2.45) is 5.92 Å². The summed E-state index contributed by atoms with van der Waals surface area (Å²) in [4.78, 5) is 26.2. The number of hydrogen-bond acceptors (Lipinski definition) is 7. The molecule has 2 heterocycles. The number of sulfonamides is 1. The fraction of sp³-hybridized carbons (Fsp3) is 0.579. The molecule has 1 saturated heterocycles. The van der Waals surface area contributed by atoms with Crippen LogP contribution < -0.4 is 14.8 Å². The highest BCUT2D eigenvalue weighted by Crippen LogP contribution is 2.44. The molecule has 0 bridgehead atoms. The van der Waals surface area contributed by atoms with E-state index in [1.54, 1.807) is 20.8 Å². The molecule has 3 rings (SSSR count). The van der Waals surface area contributed by atoms with E-state index < -0.39 is 33.1 Å². The van der Waals surface area contributed by atoms with E-state index in [1.165, 1.54) is 18.2 Å². The molecule has 0 saturated carbocycles. The Kier molecular flexibility index (Phi) is 5.18. The van der Waals surface area contributed by atoms with Gasteiger partial charge in [-0.2, -0.15) is 0 Å². The maximum Gasteiger partial charge on any atom is 0.321 e. The van der Waals surface area contributed by atoms with E-state index in [9.17, 15) is 18.0 Å². The average Bonchev–Trinajstić information content (AvgIpc) is 2.52. The van der Waals surface area contributed by atoms with Gasteiger partial charge in [-0.15, -0.1) is 0 Å². The molecule has 1 fully saturated rings. The molecule has 0 radical (unpaired) electrons. The van der Waals surface area contributed by atoms with Crippen molar-refractivity contribution in [1.82, 2.24) is 5.32 Å². The Morgan fingerprint density at radius 3 is 2.50 bits per heavy atom. The Labute approximate surface area is 165 Å². The number of ether oxygens (including phenoxy) is 2. The van der Waals surface area contributed by atoms with Crippen LogP contribution in [-0.4, -0.2) is 50.7 Å². The molecule has 1 spiro atoms. The molecule has 154 valence electrons. The Hall–Kier alpha value is -2.13. The van der Waals surface area contributed by atoms with Crippen LogP contribution in [0.1, 0.15) is 44.0 Å². The van der Waals surface area contributed by atoms with Crippen molar-refractivity contribution in [3.8, 4) is 5.75 Å². The molecule has 2 N–H and O–H groups in total. The van der Waals surface area contributed by atoms with Crippen LogP contribution in [0.25, 0.3) is 0 Å². The largest absolute Gasteiger partial charge is 0.485 e. The molecule has 0 amide bonds. The predicted octanol–water partition coefficient (Wildman–Crippen LogP) is 1.71. The first-order valence-corrected chi connectivity index (χ1v) is 11.1. The van der Waals surface area contributed by atoms with E-state index in [-0.39, 0.29) is 17.1 Å². The van der Waals surface area contributed by atoms with Crippen molar-refractivity contribution < 1.29 is 27.5 Å². The normalized spacial score (nSPS) is 21.6. The predicted molar refractivity (Wildman–Crippen MR) is 104 cm³/mol. The quantitative estimate of drug-likeness (QED) is 0.576. The van der Waals surface area contributed by atoms with Gasteiger partial charge >= 0.3 is 5.97 Å². The van der Waals surface area contributed by atoms with Crippen LogP contribution in [-0.2, 0) is 19.6 Å². The maximum atomic E-state index is 13.3. The van der Waals surface area contributed by atoms with E-state index in [0.717, 1.165) is 6.26 Å². The van der Waals surface area contributed by atoms with Gasteiger partial charge in [0.1, 0.15) is 17.0 Å². The third-order valence-corrected chi connectivity index (χ3v) is 5.35. The first kappa shape index (κ1) is 20.6. The number of carbonyl (C=O) groups excluding carboxylic acids is 2. The van der Waals surface area contributed by atoms with Gasteiger partial charge in [-0.1, -0.05) is 0 Å². The summed E-state index contributed by atoms with van der Waals surface area (Å²) in [6.45, 7) is 6.47. The average molecular weight is 410 g/mol. The summed E-state index contributed by atoms with van der Waals surface area (Å²) in [7, 11) is -3.47. The maximum absolute atomic E-state index is 13.3. The van der Waals surface area contributed by atoms with E-state index in [4.69, 9.17) is 9.47 Å². The minimum Gasteiger partial charge on any atom is -0.485 e. The number of anilines is 1. The van der Waals surface area contributed by atoms with Crippen molar-refractivity contribution in [1.29, 1.82) is 0 Å². The van der Waals surface area contributed by atoms with E-state index in [1.807, 2.05) is 0 Å². The lowest BCUT2D eigenvalue weighted by molar-refractivity contribution is -0.166. The van der Waals surface area contributed by atoms with E-state index >= 15 is 0 Å². The number of fused-ring (bicyclic) bond motifs is 1. The van der Waals surface area contributed by atoms with Crippen LogP contribution in [0.4, 0.5) is 5.69 Å². The second kappa shape index (κ2) is 7.04. The SMILES string of the molecule is CC(C)(C)OC(=O)C1C(=O)c2ccc(NS(C)(=O)=O)cc2OC12CCNCC2. The minimum atomic E-state index is -3.47. The fourth-order valence-corrected chi connectivity index (χ4v) is 4.24. The fourth-order valence-electron chi connectivity index (χ4n) is 3.68. The van der Waals surface area contributed by atoms with Gasteiger partial charge in [-0.25, -0.2) is 8.42 Å². The second-order valence-electron chi connectivity index (χ2n) is 8.33. The van der Waals surface area contributed by atoms with Gasteiger partial charge in [-0.3, -0.25) is 14.3 Å². The van der Waals surface area contributed by atoms with Gasteiger partial charge in [0.2, 0.25) is 10.0 Å². The van der Waals surface area contributed by atoms with Crippen molar-refractivity contribution in [3.05, 3.63) is 23.8 Å². The van der Waals surface area contributed by atoms with Crippen molar-refractivity contribution in [3.63, 3.8) is 0 Å². The zero-order chi connectivity index (χ0) is 20.7. The van der Waals surface area contributed by atoms with Gasteiger partial charge in [-0.05, 0) is 46.0 Å². The molecule has 0 aliphatic carbocycles. The minimum absolute atomic E-state index is 0.249. The summed E-state index contributed by atoms with van der Waals surface area (Å²) < 4.78 is 37.2. The Balaban J connectivity index is 2.03. The topological polar surface area (TPSA) is 111 Å². The first-order valence-electron chi connectivity index (χ1n) is 9.19. The summed E-state index contributed by atoms with van der Waals surface area (Å²) in [6, 6.07) is 4.45. The van der Waals surface area contributed by atoms with Crippen molar-refractivity contribution in [2.75, 3.05) is 24.1 Å². The summed E-state index contributed by atoms with van der Waals surface area (Å²) in [6.07, 6.45) is 1.98. The molecule has 9 heteroatoms. The standard InChI is InChI=1S/C19H26N2O6S/c1-18(2,3)27-17(23)15-16(22)13-6-5-12(21-28(4,24)25)11-14(13)26-19(15)7-9-20-10-8-19/h5-6,11,15,20-21H,7-10H2,1-4H3. The van der Waals surface area contributed by atoms with Gasteiger partial charge in [0, 0.05) is 18.9 Å². The molecule has 2 aliphatic heterocycles. The van der Waals surface area contributed by atoms with Crippen LogP contribution in [0.2, 0.25) is 0 Å². The van der Waals surface area contributed by atoms with Gasteiger partial charge in [0.15, 0.2) is 11.7 Å². The van der Waals surface area contributed by atoms with Crippen LogP contribution in [0.15, 0.2) is 18.2 Å². The summed E-state index contributed by atoms with van der Waals surface area (Å²) in [5, 5.41) is 3.21. The van der Waals surface area contributed by atoms with E-state index in [0.29, 0.717) is 31.6 Å². The molecule has 1 aromatic rings. The number of ketones is 1. The highest BCUT2D eigenvalue weighted by molar-refractivity contribution is 7.92. The Morgan fingerprint density at radius 2 is 1.93 bits per heavy atom. The molecular formula is C19H26N2O6S. The molecule has 1 atom stereocenters. The number of benzene rings is 1. The molecular weight excluding hydrogens is 384 g/mol. The molecule has 2 aliphatic rings. The summed E-state index contributed by atoms with van der Waals surface area (Å²) >= 11 is 0. The van der Waals surface area contributed by atoms with E-state index in [2.05, 4.69) is 10.0 Å². The van der Waals surface area contributed by atoms with Gasteiger partial charge in [0.05, 0.1) is 17.5 Å². The molecule has 1 unspecified atom stereocenters. The number of carbonyl (C=O) groups is 2. The molecule has 28 heavy (non-hydrogen) atoms. The second-order valence-corrected chi connectivity index (χ2v) is 10.1. The van der Waals surface area contributed by atoms with Crippen LogP contribution in [0, 0.1) is 5.92 Å². The zero-order valence-corrected chi connectivity index (χ0v) is 17.3. The lowest BCUT2D eigenvalue weighted by Crippen LogP contribution is -2.59.